The first-order valence-electron chi connectivity index (χ1n) is 8.06. The summed E-state index contributed by atoms with van der Waals surface area (Å²) in [7, 11) is -3.78. The summed E-state index contributed by atoms with van der Waals surface area (Å²) in [6, 6.07) is 17.7. The summed E-state index contributed by atoms with van der Waals surface area (Å²) in [5.74, 6) is 0.576. The lowest BCUT2D eigenvalue weighted by molar-refractivity contribution is 0.584. The smallest absolute Gasteiger partial charge is 0.264 e. The molecular formula is C19H14BrN3O2S2. The molecule has 0 spiro atoms. The molecule has 136 valence electrons. The predicted molar refractivity (Wildman–Crippen MR) is 110 cm³/mol. The number of aromatic nitrogens is 3. The summed E-state index contributed by atoms with van der Waals surface area (Å²) in [5.41, 5.74) is 2.21. The van der Waals surface area contributed by atoms with Crippen LogP contribution in [0, 0.1) is 0 Å². The second-order valence-electron chi connectivity index (χ2n) is 5.76. The molecule has 4 aromatic rings. The van der Waals surface area contributed by atoms with Crippen LogP contribution in [0.5, 0.6) is 0 Å². The van der Waals surface area contributed by atoms with E-state index in [0.717, 1.165) is 10.0 Å². The van der Waals surface area contributed by atoms with Crippen LogP contribution in [0.4, 0.5) is 0 Å². The van der Waals surface area contributed by atoms with E-state index in [2.05, 4.69) is 25.9 Å². The highest BCUT2D eigenvalue weighted by Crippen LogP contribution is 2.31. The van der Waals surface area contributed by atoms with Gasteiger partial charge in [0, 0.05) is 22.6 Å². The number of benzene rings is 2. The van der Waals surface area contributed by atoms with Gasteiger partial charge in [0.25, 0.3) is 10.0 Å². The molecule has 0 aliphatic heterocycles. The van der Waals surface area contributed by atoms with E-state index in [1.54, 1.807) is 42.7 Å². The van der Waals surface area contributed by atoms with Gasteiger partial charge in [0.05, 0.1) is 15.9 Å². The Hall–Kier alpha value is -2.16. The van der Waals surface area contributed by atoms with Gasteiger partial charge in [-0.3, -0.25) is 4.98 Å². The maximum Gasteiger partial charge on any atom is 0.270 e. The van der Waals surface area contributed by atoms with Crippen molar-refractivity contribution in [3.8, 4) is 0 Å². The summed E-state index contributed by atoms with van der Waals surface area (Å²) >= 11 is 4.72. The summed E-state index contributed by atoms with van der Waals surface area (Å²) in [5, 5.41) is 0.433. The molecule has 2 aromatic carbocycles. The molecule has 0 atom stereocenters. The number of hydrogen-bond donors (Lipinski definition) is 0. The van der Waals surface area contributed by atoms with Crippen LogP contribution in [0.3, 0.4) is 0 Å². The number of pyridine rings is 1. The number of para-hydroxylation sites is 2. The zero-order valence-corrected chi connectivity index (χ0v) is 17.2. The molecule has 0 saturated heterocycles. The second-order valence-corrected chi connectivity index (χ2v) is 9.40. The van der Waals surface area contributed by atoms with Crippen molar-refractivity contribution in [3.63, 3.8) is 0 Å². The SMILES string of the molecule is O=S(=O)(c1ccc(Br)cc1)n1c(SCc2cccnc2)nc2ccccc21. The summed E-state index contributed by atoms with van der Waals surface area (Å²) in [6.07, 6.45) is 3.48. The van der Waals surface area contributed by atoms with Gasteiger partial charge < -0.3 is 0 Å². The van der Waals surface area contributed by atoms with Crippen LogP contribution in [0.15, 0.2) is 87.6 Å². The minimum Gasteiger partial charge on any atom is -0.264 e. The average molecular weight is 460 g/mol. The summed E-state index contributed by atoms with van der Waals surface area (Å²) < 4.78 is 28.8. The van der Waals surface area contributed by atoms with Gasteiger partial charge in [-0.2, -0.15) is 0 Å². The Balaban J connectivity index is 1.81. The van der Waals surface area contributed by atoms with Gasteiger partial charge in [-0.05, 0) is 48.0 Å². The van der Waals surface area contributed by atoms with Gasteiger partial charge in [-0.1, -0.05) is 45.9 Å². The molecule has 2 aromatic heterocycles. The Labute approximate surface area is 169 Å². The van der Waals surface area contributed by atoms with Crippen molar-refractivity contribution in [3.05, 3.63) is 83.1 Å². The third-order valence-corrected chi connectivity index (χ3v) is 7.31. The van der Waals surface area contributed by atoms with E-state index in [-0.39, 0.29) is 4.90 Å². The molecule has 2 heterocycles. The van der Waals surface area contributed by atoms with Gasteiger partial charge in [0.1, 0.15) is 0 Å². The van der Waals surface area contributed by atoms with Crippen molar-refractivity contribution in [2.24, 2.45) is 0 Å². The van der Waals surface area contributed by atoms with Crippen LogP contribution >= 0.6 is 27.7 Å². The van der Waals surface area contributed by atoms with Crippen LogP contribution in [0.2, 0.25) is 0 Å². The highest BCUT2D eigenvalue weighted by Gasteiger charge is 2.24. The van der Waals surface area contributed by atoms with Crippen LogP contribution < -0.4 is 0 Å². The van der Waals surface area contributed by atoms with Gasteiger partial charge in [-0.15, -0.1) is 0 Å². The average Bonchev–Trinajstić information content (AvgIpc) is 3.07. The van der Waals surface area contributed by atoms with Gasteiger partial charge in [0.15, 0.2) is 5.16 Å². The lowest BCUT2D eigenvalue weighted by atomic mass is 10.3. The molecule has 5 nitrogen and oxygen atoms in total. The highest BCUT2D eigenvalue weighted by molar-refractivity contribution is 9.10. The number of rotatable bonds is 5. The van der Waals surface area contributed by atoms with E-state index in [9.17, 15) is 8.42 Å². The number of fused-ring (bicyclic) bond motifs is 1. The standard InChI is InChI=1S/C19H14BrN3O2S2/c20-15-7-9-16(10-8-15)27(24,25)23-18-6-2-1-5-17(18)22-19(23)26-13-14-4-3-11-21-12-14/h1-12H,13H2. The second kappa shape index (κ2) is 7.46. The Kier molecular flexibility index (Phi) is 5.03. The minimum atomic E-state index is -3.78. The fourth-order valence-electron chi connectivity index (χ4n) is 2.65. The number of thioether (sulfide) groups is 1. The Morgan fingerprint density at radius 3 is 2.52 bits per heavy atom. The molecule has 0 amide bonds. The fraction of sp³-hybridized carbons (Fsp3) is 0.0526. The van der Waals surface area contributed by atoms with E-state index >= 15 is 0 Å². The topological polar surface area (TPSA) is 64.8 Å². The fourth-order valence-corrected chi connectivity index (χ4v) is 5.56. The molecule has 4 rings (SSSR count). The maximum absolute atomic E-state index is 13.3. The molecule has 0 aliphatic carbocycles. The van der Waals surface area contributed by atoms with Crippen molar-refractivity contribution < 1.29 is 8.42 Å². The molecule has 0 fully saturated rings. The molecule has 0 unspecified atom stereocenters. The Morgan fingerprint density at radius 1 is 1.00 bits per heavy atom. The summed E-state index contributed by atoms with van der Waals surface area (Å²) in [6.45, 7) is 0. The molecule has 0 N–H and O–H groups in total. The Bertz CT molecular complexity index is 1190. The van der Waals surface area contributed by atoms with E-state index in [4.69, 9.17) is 0 Å². The van der Waals surface area contributed by atoms with Crippen molar-refractivity contribution in [1.82, 2.24) is 13.9 Å². The maximum atomic E-state index is 13.3. The van der Waals surface area contributed by atoms with Gasteiger partial charge in [0.2, 0.25) is 0 Å². The molecule has 8 heteroatoms. The quantitative estimate of drug-likeness (QED) is 0.403. The largest absolute Gasteiger partial charge is 0.270 e. The van der Waals surface area contributed by atoms with Crippen LogP contribution in [-0.4, -0.2) is 22.4 Å². The third kappa shape index (κ3) is 3.65. The van der Waals surface area contributed by atoms with E-state index < -0.39 is 10.0 Å². The molecular weight excluding hydrogens is 446 g/mol. The van der Waals surface area contributed by atoms with Gasteiger partial charge in [-0.25, -0.2) is 17.4 Å². The van der Waals surface area contributed by atoms with E-state index in [0.29, 0.717) is 21.9 Å². The first kappa shape index (κ1) is 18.2. The lowest BCUT2D eigenvalue weighted by Gasteiger charge is -2.10. The van der Waals surface area contributed by atoms with E-state index in [1.807, 2.05) is 30.3 Å². The minimum absolute atomic E-state index is 0.220. The highest BCUT2D eigenvalue weighted by atomic mass is 79.9. The molecule has 27 heavy (non-hydrogen) atoms. The number of imidazole rings is 1. The van der Waals surface area contributed by atoms with Gasteiger partial charge >= 0.3 is 0 Å². The van der Waals surface area contributed by atoms with Crippen molar-refractivity contribution >= 4 is 48.7 Å². The normalized spacial score (nSPS) is 11.7. The monoisotopic (exact) mass is 459 g/mol. The number of nitrogens with zero attached hydrogens (tertiary/aromatic N) is 3. The van der Waals surface area contributed by atoms with Crippen LogP contribution in [0.25, 0.3) is 11.0 Å². The van der Waals surface area contributed by atoms with Crippen molar-refractivity contribution in [1.29, 1.82) is 0 Å². The van der Waals surface area contributed by atoms with Crippen molar-refractivity contribution in [2.75, 3.05) is 0 Å². The number of halogens is 1. The molecule has 0 saturated carbocycles. The van der Waals surface area contributed by atoms with E-state index in [1.165, 1.54) is 15.7 Å². The van der Waals surface area contributed by atoms with Crippen LogP contribution in [0.1, 0.15) is 5.56 Å². The first-order chi connectivity index (χ1) is 13.1. The third-order valence-electron chi connectivity index (χ3n) is 3.93. The first-order valence-corrected chi connectivity index (χ1v) is 11.3. The van der Waals surface area contributed by atoms with Crippen LogP contribution in [-0.2, 0) is 15.8 Å². The predicted octanol–water partition coefficient (Wildman–Crippen LogP) is 4.72. The Morgan fingerprint density at radius 2 is 1.78 bits per heavy atom. The van der Waals surface area contributed by atoms with Crippen molar-refractivity contribution in [2.45, 2.75) is 15.8 Å². The number of hydrogen-bond acceptors (Lipinski definition) is 5. The molecule has 0 aliphatic rings. The molecule has 0 radical (unpaired) electrons. The summed E-state index contributed by atoms with van der Waals surface area (Å²) in [4.78, 5) is 8.88. The molecule has 0 bridgehead atoms. The lowest BCUT2D eigenvalue weighted by Crippen LogP contribution is -2.14. The zero-order chi connectivity index (χ0) is 18.9. The zero-order valence-electron chi connectivity index (χ0n) is 14.0.